The van der Waals surface area contributed by atoms with Gasteiger partial charge in [-0.2, -0.15) is 13.2 Å². The van der Waals surface area contributed by atoms with E-state index in [1.807, 2.05) is 0 Å². The smallest absolute Gasteiger partial charge is 0.341 e. The molecule has 0 aliphatic carbocycles. The quantitative estimate of drug-likeness (QED) is 0.546. The Morgan fingerprint density at radius 2 is 1.77 bits per heavy atom. The molecule has 1 atom stereocenters. The third kappa shape index (κ3) is 4.02. The number of benzene rings is 1. The van der Waals surface area contributed by atoms with Crippen molar-refractivity contribution in [2.45, 2.75) is 25.4 Å². The van der Waals surface area contributed by atoms with E-state index in [2.05, 4.69) is 9.97 Å². The molecule has 31 heavy (non-hydrogen) atoms. The van der Waals surface area contributed by atoms with Crippen molar-refractivity contribution >= 4 is 5.91 Å². The van der Waals surface area contributed by atoms with E-state index in [0.717, 1.165) is 17.7 Å². The predicted molar refractivity (Wildman–Crippen MR) is 107 cm³/mol. The molecular formula is C23H19F4N3O. The lowest BCUT2D eigenvalue weighted by Crippen LogP contribution is -2.34. The number of halogens is 4. The highest BCUT2D eigenvalue weighted by Crippen LogP contribution is 2.35. The molecule has 1 unspecified atom stereocenters. The summed E-state index contributed by atoms with van der Waals surface area (Å²) in [6, 6.07) is 7.65. The molecule has 0 saturated heterocycles. The molecule has 0 saturated carbocycles. The van der Waals surface area contributed by atoms with Crippen LogP contribution in [-0.2, 0) is 12.6 Å². The molecule has 0 bridgehead atoms. The number of pyridine rings is 2. The molecule has 4 rings (SSSR count). The second-order valence-corrected chi connectivity index (χ2v) is 7.63. The average Bonchev–Trinajstić information content (AvgIpc) is 2.74. The van der Waals surface area contributed by atoms with Crippen LogP contribution in [0, 0.1) is 5.82 Å². The van der Waals surface area contributed by atoms with Crippen LogP contribution in [0.5, 0.6) is 0 Å². The molecule has 0 radical (unpaired) electrons. The number of likely N-dealkylation sites (N-methyl/N-ethyl adjacent to an activating group) is 1. The fraction of sp³-hybridized carbons (Fsp3) is 0.261. The minimum Gasteiger partial charge on any atom is -0.341 e. The molecule has 3 aromatic rings. The maximum Gasteiger partial charge on any atom is 0.416 e. The fourth-order valence-corrected chi connectivity index (χ4v) is 3.82. The minimum absolute atomic E-state index is 0.0890. The lowest BCUT2D eigenvalue weighted by Gasteiger charge is -2.26. The molecule has 0 spiro atoms. The number of aromatic nitrogens is 2. The second kappa shape index (κ2) is 7.76. The van der Waals surface area contributed by atoms with Gasteiger partial charge in [0.1, 0.15) is 5.82 Å². The third-order valence-corrected chi connectivity index (χ3v) is 5.60. The lowest BCUT2D eigenvalue weighted by molar-refractivity contribution is -0.137. The van der Waals surface area contributed by atoms with Crippen molar-refractivity contribution in [2.75, 3.05) is 13.6 Å². The van der Waals surface area contributed by atoms with Gasteiger partial charge in [-0.05, 0) is 59.5 Å². The number of hydrogen-bond donors (Lipinski definition) is 0. The van der Waals surface area contributed by atoms with Crippen LogP contribution in [0.2, 0.25) is 0 Å². The van der Waals surface area contributed by atoms with E-state index >= 15 is 0 Å². The topological polar surface area (TPSA) is 46.1 Å². The van der Waals surface area contributed by atoms with Crippen LogP contribution in [0.3, 0.4) is 0 Å². The van der Waals surface area contributed by atoms with Gasteiger partial charge in [0, 0.05) is 37.5 Å². The van der Waals surface area contributed by atoms with Crippen LogP contribution in [-0.4, -0.2) is 34.4 Å². The first-order chi connectivity index (χ1) is 14.6. The second-order valence-electron chi connectivity index (χ2n) is 7.63. The number of amides is 1. The molecule has 8 heteroatoms. The van der Waals surface area contributed by atoms with Gasteiger partial charge in [0.2, 0.25) is 0 Å². The maximum absolute atomic E-state index is 13.9. The first kappa shape index (κ1) is 21.0. The number of alkyl halides is 3. The zero-order valence-electron chi connectivity index (χ0n) is 16.9. The fourth-order valence-electron chi connectivity index (χ4n) is 3.82. The average molecular weight is 429 g/mol. The zero-order valence-corrected chi connectivity index (χ0v) is 16.9. The monoisotopic (exact) mass is 429 g/mol. The molecule has 2 aromatic heterocycles. The Bertz CT molecular complexity index is 1160. The van der Waals surface area contributed by atoms with Crippen LogP contribution in [0.1, 0.15) is 45.5 Å². The summed E-state index contributed by atoms with van der Waals surface area (Å²) in [6.45, 7) is 2.27. The summed E-state index contributed by atoms with van der Waals surface area (Å²) in [5.74, 6) is -1.54. The molecule has 4 nitrogen and oxygen atoms in total. The number of fused-ring (bicyclic) bond motifs is 1. The Morgan fingerprint density at radius 3 is 2.52 bits per heavy atom. The van der Waals surface area contributed by atoms with Crippen molar-refractivity contribution < 1.29 is 22.4 Å². The summed E-state index contributed by atoms with van der Waals surface area (Å²) in [5, 5.41) is 0. The van der Waals surface area contributed by atoms with E-state index in [1.54, 1.807) is 49.5 Å². The summed E-state index contributed by atoms with van der Waals surface area (Å²) >= 11 is 0. The number of hydrogen-bond acceptors (Lipinski definition) is 3. The number of carbonyl (C=O) groups is 1. The van der Waals surface area contributed by atoms with Gasteiger partial charge < -0.3 is 4.90 Å². The Morgan fingerprint density at radius 1 is 1.03 bits per heavy atom. The number of rotatable bonds is 3. The molecule has 1 aliphatic heterocycles. The van der Waals surface area contributed by atoms with Crippen LogP contribution in [0.15, 0.2) is 48.8 Å². The highest BCUT2D eigenvalue weighted by molar-refractivity contribution is 5.98. The van der Waals surface area contributed by atoms with Gasteiger partial charge in [0.05, 0.1) is 17.0 Å². The van der Waals surface area contributed by atoms with E-state index in [4.69, 9.17) is 0 Å². The van der Waals surface area contributed by atoms with Crippen molar-refractivity contribution in [3.63, 3.8) is 0 Å². The normalized spacial score (nSPS) is 15.0. The van der Waals surface area contributed by atoms with Gasteiger partial charge >= 0.3 is 6.18 Å². The lowest BCUT2D eigenvalue weighted by atomic mass is 9.90. The first-order valence-electron chi connectivity index (χ1n) is 9.72. The van der Waals surface area contributed by atoms with Crippen LogP contribution >= 0.6 is 0 Å². The maximum atomic E-state index is 13.9. The first-order valence-corrected chi connectivity index (χ1v) is 9.72. The Balaban J connectivity index is 1.74. The highest BCUT2D eigenvalue weighted by Gasteiger charge is 2.32. The summed E-state index contributed by atoms with van der Waals surface area (Å²) in [7, 11) is 1.74. The van der Waals surface area contributed by atoms with Gasteiger partial charge in [-0.1, -0.05) is 6.92 Å². The molecule has 1 amide bonds. The standard InChI is InChI=1S/C23H19F4N3O/c1-13(15-9-16(23(25,26)27)12-17(24)10-15)14-3-6-28-20(11-14)21-18-5-8-30(2)22(31)19(18)4-7-29-21/h3-4,6-7,9-13H,5,8H2,1-2H3. The third-order valence-electron chi connectivity index (χ3n) is 5.60. The van der Waals surface area contributed by atoms with E-state index in [9.17, 15) is 22.4 Å². The SMILES string of the molecule is CC(c1cc(F)cc(C(F)(F)F)c1)c1ccnc(-c2nccc3c2CCN(C)C3=O)c1. The predicted octanol–water partition coefficient (Wildman–Crippen LogP) is 5.08. The Kier molecular flexibility index (Phi) is 5.24. The van der Waals surface area contributed by atoms with Crippen LogP contribution in [0.25, 0.3) is 11.4 Å². The van der Waals surface area contributed by atoms with Gasteiger partial charge in [0.25, 0.3) is 5.91 Å². The van der Waals surface area contributed by atoms with Crippen LogP contribution < -0.4 is 0 Å². The zero-order chi connectivity index (χ0) is 22.3. The Labute approximate surface area is 176 Å². The summed E-state index contributed by atoms with van der Waals surface area (Å²) in [6.07, 6.45) is -0.915. The van der Waals surface area contributed by atoms with E-state index < -0.39 is 23.5 Å². The van der Waals surface area contributed by atoms with Crippen LogP contribution in [0.4, 0.5) is 17.6 Å². The number of nitrogens with zero attached hydrogens (tertiary/aromatic N) is 3. The Hall–Kier alpha value is -3.29. The molecule has 1 aromatic carbocycles. The van der Waals surface area contributed by atoms with Crippen molar-refractivity contribution in [1.82, 2.24) is 14.9 Å². The van der Waals surface area contributed by atoms with E-state index in [0.29, 0.717) is 41.5 Å². The molecular weight excluding hydrogens is 410 g/mol. The molecule has 1 aliphatic rings. The van der Waals surface area contributed by atoms with Gasteiger partial charge in [-0.15, -0.1) is 0 Å². The molecule has 0 N–H and O–H groups in total. The van der Waals surface area contributed by atoms with Crippen molar-refractivity contribution in [3.05, 3.63) is 82.4 Å². The molecule has 0 fully saturated rings. The minimum atomic E-state index is -4.63. The van der Waals surface area contributed by atoms with E-state index in [-0.39, 0.29) is 11.5 Å². The number of carbonyl (C=O) groups excluding carboxylic acids is 1. The summed E-state index contributed by atoms with van der Waals surface area (Å²) in [5.41, 5.74) is 2.32. The summed E-state index contributed by atoms with van der Waals surface area (Å²) in [4.78, 5) is 22.9. The van der Waals surface area contributed by atoms with Crippen molar-refractivity contribution in [1.29, 1.82) is 0 Å². The van der Waals surface area contributed by atoms with Crippen molar-refractivity contribution in [2.24, 2.45) is 0 Å². The molecule has 3 heterocycles. The summed E-state index contributed by atoms with van der Waals surface area (Å²) < 4.78 is 53.2. The van der Waals surface area contributed by atoms with Crippen molar-refractivity contribution in [3.8, 4) is 11.4 Å². The molecule has 160 valence electrons. The van der Waals surface area contributed by atoms with Gasteiger partial charge in [0.15, 0.2) is 0 Å². The van der Waals surface area contributed by atoms with E-state index in [1.165, 1.54) is 0 Å². The van der Waals surface area contributed by atoms with Gasteiger partial charge in [-0.3, -0.25) is 14.8 Å². The highest BCUT2D eigenvalue weighted by atomic mass is 19.4. The largest absolute Gasteiger partial charge is 0.416 e. The van der Waals surface area contributed by atoms with Gasteiger partial charge in [-0.25, -0.2) is 4.39 Å².